The van der Waals surface area contributed by atoms with Crippen LogP contribution in [-0.4, -0.2) is 62.3 Å². The summed E-state index contributed by atoms with van der Waals surface area (Å²) in [4.78, 5) is 39.9. The summed E-state index contributed by atoms with van der Waals surface area (Å²) >= 11 is 0. The number of anilines is 1. The molecule has 2 fully saturated rings. The maximum absolute atomic E-state index is 13.5. The van der Waals surface area contributed by atoms with Crippen molar-refractivity contribution >= 4 is 28.8 Å². The van der Waals surface area contributed by atoms with Gasteiger partial charge in [-0.15, -0.1) is 0 Å². The Hall–Kier alpha value is -3.52. The highest BCUT2D eigenvalue weighted by Crippen LogP contribution is 2.33. The largest absolute Gasteiger partial charge is 0.337 e. The lowest BCUT2D eigenvalue weighted by Crippen LogP contribution is -2.34. The van der Waals surface area contributed by atoms with Crippen LogP contribution in [0.15, 0.2) is 36.9 Å². The first kappa shape index (κ1) is 27.1. The molecule has 1 N–H and O–H groups in total. The molecular weight excluding hydrogens is 488 g/mol. The van der Waals surface area contributed by atoms with Gasteiger partial charge in [-0.3, -0.25) is 24.8 Å². The lowest BCUT2D eigenvalue weighted by molar-refractivity contribution is -0.126. The van der Waals surface area contributed by atoms with Gasteiger partial charge in [-0.25, -0.2) is 4.98 Å². The number of aryl methyl sites for hydroxylation is 3. The third kappa shape index (κ3) is 5.91. The van der Waals surface area contributed by atoms with Crippen molar-refractivity contribution in [2.24, 2.45) is 5.92 Å². The van der Waals surface area contributed by atoms with E-state index in [1.807, 2.05) is 18.7 Å². The summed E-state index contributed by atoms with van der Waals surface area (Å²) in [5, 5.41) is 3.12. The van der Waals surface area contributed by atoms with Crippen molar-refractivity contribution in [3.05, 3.63) is 65.0 Å². The Morgan fingerprint density at radius 3 is 2.49 bits per heavy atom. The van der Waals surface area contributed by atoms with E-state index in [-0.39, 0.29) is 17.9 Å². The maximum Gasteiger partial charge on any atom is 0.258 e. The van der Waals surface area contributed by atoms with Crippen molar-refractivity contribution in [2.75, 3.05) is 31.5 Å². The molecule has 1 aromatic carbocycles. The number of amides is 2. The van der Waals surface area contributed by atoms with E-state index in [2.05, 4.69) is 52.3 Å². The lowest BCUT2D eigenvalue weighted by Gasteiger charge is -2.26. The van der Waals surface area contributed by atoms with Crippen molar-refractivity contribution in [1.29, 1.82) is 0 Å². The van der Waals surface area contributed by atoms with Gasteiger partial charge in [-0.2, -0.15) is 0 Å². The number of nitrogens with one attached hydrogen (secondary N) is 1. The number of likely N-dealkylation sites (tertiary alicyclic amines) is 2. The van der Waals surface area contributed by atoms with Crippen LogP contribution in [0.1, 0.15) is 71.5 Å². The molecule has 8 heteroatoms. The second-order valence-electron chi connectivity index (χ2n) is 11.4. The van der Waals surface area contributed by atoms with Crippen LogP contribution in [0.4, 0.5) is 5.95 Å². The smallest absolute Gasteiger partial charge is 0.258 e. The van der Waals surface area contributed by atoms with Crippen molar-refractivity contribution in [1.82, 2.24) is 24.3 Å². The van der Waals surface area contributed by atoms with E-state index in [1.54, 1.807) is 12.1 Å². The van der Waals surface area contributed by atoms with E-state index in [1.165, 1.54) is 18.1 Å². The molecule has 0 spiro atoms. The van der Waals surface area contributed by atoms with Gasteiger partial charge < -0.3 is 9.47 Å². The molecule has 8 nitrogen and oxygen atoms in total. The van der Waals surface area contributed by atoms with Crippen LogP contribution in [0.3, 0.4) is 0 Å². The van der Waals surface area contributed by atoms with Crippen LogP contribution in [-0.2, 0) is 11.3 Å². The minimum atomic E-state index is -0.211. The quantitative estimate of drug-likeness (QED) is 0.445. The molecule has 0 radical (unpaired) electrons. The number of pyridine rings is 1. The Morgan fingerprint density at radius 1 is 1.03 bits per heavy atom. The van der Waals surface area contributed by atoms with Gasteiger partial charge >= 0.3 is 0 Å². The second-order valence-corrected chi connectivity index (χ2v) is 11.4. The number of carbonyl (C=O) groups is 2. The fourth-order valence-corrected chi connectivity index (χ4v) is 6.27. The van der Waals surface area contributed by atoms with Crippen LogP contribution in [0.25, 0.3) is 11.0 Å². The highest BCUT2D eigenvalue weighted by Gasteiger charge is 2.28. The van der Waals surface area contributed by atoms with Crippen molar-refractivity contribution in [3.63, 3.8) is 0 Å². The summed E-state index contributed by atoms with van der Waals surface area (Å²) < 4.78 is 2.17. The predicted molar refractivity (Wildman–Crippen MR) is 155 cm³/mol. The van der Waals surface area contributed by atoms with E-state index in [0.717, 1.165) is 72.8 Å². The zero-order valence-corrected chi connectivity index (χ0v) is 23.7. The van der Waals surface area contributed by atoms with Crippen LogP contribution < -0.4 is 5.32 Å². The summed E-state index contributed by atoms with van der Waals surface area (Å²) in [6, 6.07) is 8.01. The van der Waals surface area contributed by atoms with E-state index >= 15 is 0 Å². The van der Waals surface area contributed by atoms with Gasteiger partial charge in [0.05, 0.1) is 17.1 Å². The third-order valence-corrected chi connectivity index (χ3v) is 8.02. The van der Waals surface area contributed by atoms with Gasteiger partial charge in [0, 0.05) is 43.1 Å². The molecule has 0 saturated carbocycles. The molecule has 2 aliphatic rings. The number of hydrogen-bond acceptors (Lipinski definition) is 5. The number of nitrogens with zero attached hydrogens (tertiary/aromatic N) is 5. The number of imidazole rings is 1. The molecule has 0 aliphatic carbocycles. The van der Waals surface area contributed by atoms with Crippen molar-refractivity contribution in [2.45, 2.75) is 66.0 Å². The third-order valence-electron chi connectivity index (χ3n) is 8.02. The fourth-order valence-electron chi connectivity index (χ4n) is 6.27. The average molecular weight is 529 g/mol. The minimum absolute atomic E-state index is 0.0124. The number of fused-ring (bicyclic) bond motifs is 1. The first-order chi connectivity index (χ1) is 18.7. The summed E-state index contributed by atoms with van der Waals surface area (Å²) in [5.74, 6) is 0.984. The van der Waals surface area contributed by atoms with Gasteiger partial charge in [0.2, 0.25) is 11.9 Å². The average Bonchev–Trinajstić information content (AvgIpc) is 3.36. The Balaban J connectivity index is 1.56. The molecule has 2 amide bonds. The fraction of sp³-hybridized carbons (Fsp3) is 0.484. The molecule has 2 aliphatic heterocycles. The van der Waals surface area contributed by atoms with Gasteiger partial charge in [0.15, 0.2) is 0 Å². The number of hydrogen-bond donors (Lipinski definition) is 1. The second kappa shape index (κ2) is 11.3. The molecule has 39 heavy (non-hydrogen) atoms. The van der Waals surface area contributed by atoms with Crippen molar-refractivity contribution < 1.29 is 9.59 Å². The monoisotopic (exact) mass is 528 g/mol. The highest BCUT2D eigenvalue weighted by atomic mass is 16.2. The Labute approximate surface area is 231 Å². The van der Waals surface area contributed by atoms with E-state index in [9.17, 15) is 9.59 Å². The van der Waals surface area contributed by atoms with Gasteiger partial charge in [-0.1, -0.05) is 19.6 Å². The topological polar surface area (TPSA) is 83.4 Å². The maximum atomic E-state index is 13.5. The molecule has 2 atom stereocenters. The number of carbonyl (C=O) groups excluding carboxylic acids is 2. The SMILES string of the molecule is C=CC(=O)N1CCCC[C@@H](n2c(NC(=O)c3cc(C)nc(C)c3)nc3cc(CN4CC[C@H](C)C4)cc(C)c32)C1. The van der Waals surface area contributed by atoms with Gasteiger partial charge in [0.25, 0.3) is 5.91 Å². The zero-order valence-electron chi connectivity index (χ0n) is 23.7. The Kier molecular flexibility index (Phi) is 7.84. The molecule has 5 rings (SSSR count). The summed E-state index contributed by atoms with van der Waals surface area (Å²) in [7, 11) is 0. The summed E-state index contributed by atoms with van der Waals surface area (Å²) in [6.07, 6.45) is 5.46. The van der Waals surface area contributed by atoms with Crippen LogP contribution >= 0.6 is 0 Å². The van der Waals surface area contributed by atoms with E-state index < -0.39 is 0 Å². The minimum Gasteiger partial charge on any atom is -0.337 e. The van der Waals surface area contributed by atoms with Crippen molar-refractivity contribution in [3.8, 4) is 0 Å². The number of benzene rings is 1. The summed E-state index contributed by atoms with van der Waals surface area (Å²) in [6.45, 7) is 16.3. The van der Waals surface area contributed by atoms with E-state index in [0.29, 0.717) is 24.6 Å². The first-order valence-electron chi connectivity index (χ1n) is 14.1. The molecule has 3 aromatic rings. The predicted octanol–water partition coefficient (Wildman–Crippen LogP) is 5.19. The Bertz CT molecular complexity index is 1390. The normalized spacial score (nSPS) is 20.3. The number of rotatable bonds is 6. The molecule has 0 bridgehead atoms. The molecule has 2 saturated heterocycles. The zero-order chi connectivity index (χ0) is 27.7. The summed E-state index contributed by atoms with van der Waals surface area (Å²) in [5.41, 5.74) is 6.42. The standard InChI is InChI=1S/C31H40N6O2/c1-6-28(38)36-11-8-7-9-26(19-36)37-29-21(3)13-24(18-35-12-10-20(2)17-35)16-27(29)33-31(37)34-30(39)25-14-22(4)32-23(5)15-25/h6,13-16,20,26H,1,7-12,17-19H2,2-5H3,(H,33,34,39)/t20-,26+/m0/s1. The van der Waals surface area contributed by atoms with Crippen LogP contribution in [0, 0.1) is 26.7 Å². The highest BCUT2D eigenvalue weighted by molar-refractivity contribution is 6.04. The van der Waals surface area contributed by atoms with Gasteiger partial charge in [0.1, 0.15) is 0 Å². The van der Waals surface area contributed by atoms with Crippen LogP contribution in [0.2, 0.25) is 0 Å². The lowest BCUT2D eigenvalue weighted by atomic mass is 10.1. The van der Waals surface area contributed by atoms with Gasteiger partial charge in [-0.05, 0) is 94.3 Å². The Morgan fingerprint density at radius 2 is 1.79 bits per heavy atom. The number of aromatic nitrogens is 3. The first-order valence-corrected chi connectivity index (χ1v) is 14.1. The molecular formula is C31H40N6O2. The van der Waals surface area contributed by atoms with Crippen LogP contribution in [0.5, 0.6) is 0 Å². The molecule has 4 heterocycles. The molecule has 2 aromatic heterocycles. The van der Waals surface area contributed by atoms with E-state index in [4.69, 9.17) is 4.98 Å². The molecule has 206 valence electrons. The molecule has 0 unspecified atom stereocenters.